The highest BCUT2D eigenvalue weighted by Gasteiger charge is 2.12. The Morgan fingerprint density at radius 1 is 1.00 bits per heavy atom. The fourth-order valence-electron chi connectivity index (χ4n) is 2.07. The number of rotatable bonds is 2. The second-order valence-electron chi connectivity index (χ2n) is 4.29. The van der Waals surface area contributed by atoms with Crippen molar-refractivity contribution >= 4 is 32.1 Å². The third kappa shape index (κ3) is 2.54. The molecular formula is C13H8O7S. The summed E-state index contributed by atoms with van der Waals surface area (Å²) in [7, 11) is -4.67. The van der Waals surface area contributed by atoms with E-state index in [9.17, 15) is 18.3 Å². The van der Waals surface area contributed by atoms with Gasteiger partial charge in [0.1, 0.15) is 17.1 Å². The Balaban J connectivity index is 2.32. The Bertz CT molecular complexity index is 1020. The average Bonchev–Trinajstić information content (AvgIpc) is 2.37. The lowest BCUT2D eigenvalue weighted by atomic mass is 10.1. The molecule has 21 heavy (non-hydrogen) atoms. The maximum atomic E-state index is 11.9. The second kappa shape index (κ2) is 4.47. The third-order valence-electron chi connectivity index (χ3n) is 2.87. The first kappa shape index (κ1) is 13.4. The molecule has 0 aliphatic heterocycles. The molecule has 1 heterocycles. The minimum Gasteiger partial charge on any atom is -0.508 e. The van der Waals surface area contributed by atoms with E-state index in [0.29, 0.717) is 10.8 Å². The van der Waals surface area contributed by atoms with Gasteiger partial charge in [-0.3, -0.25) is 4.55 Å². The highest BCUT2D eigenvalue weighted by Crippen LogP contribution is 2.28. The van der Waals surface area contributed by atoms with Gasteiger partial charge in [0, 0.05) is 16.8 Å². The van der Waals surface area contributed by atoms with Crippen molar-refractivity contribution in [3.05, 3.63) is 46.8 Å². The molecule has 3 aromatic rings. The van der Waals surface area contributed by atoms with Crippen LogP contribution in [0.3, 0.4) is 0 Å². The summed E-state index contributed by atoms with van der Waals surface area (Å²) in [4.78, 5) is 11.9. The third-order valence-corrected chi connectivity index (χ3v) is 3.27. The Labute approximate surface area is 118 Å². The predicted molar refractivity (Wildman–Crippen MR) is 73.8 cm³/mol. The molecule has 0 aliphatic rings. The first-order valence-corrected chi connectivity index (χ1v) is 7.06. The Morgan fingerprint density at radius 3 is 2.43 bits per heavy atom. The predicted octanol–water partition coefficient (Wildman–Crippen LogP) is 1.83. The van der Waals surface area contributed by atoms with Gasteiger partial charge in [0.25, 0.3) is 0 Å². The normalized spacial score (nSPS) is 11.9. The molecule has 2 N–H and O–H groups in total. The van der Waals surface area contributed by atoms with Crippen LogP contribution in [0.1, 0.15) is 0 Å². The molecular weight excluding hydrogens is 300 g/mol. The second-order valence-corrected chi connectivity index (χ2v) is 5.31. The first-order valence-electron chi connectivity index (χ1n) is 5.70. The summed E-state index contributed by atoms with van der Waals surface area (Å²) >= 11 is 0. The van der Waals surface area contributed by atoms with Gasteiger partial charge in [0.2, 0.25) is 0 Å². The highest BCUT2D eigenvalue weighted by atomic mass is 32.3. The van der Waals surface area contributed by atoms with Crippen LogP contribution < -0.4 is 9.81 Å². The number of aromatic hydroxyl groups is 1. The molecule has 3 rings (SSSR count). The van der Waals surface area contributed by atoms with Gasteiger partial charge in [-0.05, 0) is 30.3 Å². The molecule has 0 saturated heterocycles. The lowest BCUT2D eigenvalue weighted by molar-refractivity contribution is 0.387. The van der Waals surface area contributed by atoms with Crippen LogP contribution in [0.2, 0.25) is 0 Å². The van der Waals surface area contributed by atoms with Gasteiger partial charge in [-0.1, -0.05) is 0 Å². The number of hydrogen-bond acceptors (Lipinski definition) is 6. The van der Waals surface area contributed by atoms with E-state index in [1.807, 2.05) is 0 Å². The van der Waals surface area contributed by atoms with Crippen LogP contribution in [-0.2, 0) is 10.4 Å². The van der Waals surface area contributed by atoms with E-state index >= 15 is 0 Å². The maximum Gasteiger partial charge on any atom is 0.446 e. The summed E-state index contributed by atoms with van der Waals surface area (Å²) in [6.07, 6.45) is 0. The van der Waals surface area contributed by atoms with Gasteiger partial charge < -0.3 is 13.7 Å². The summed E-state index contributed by atoms with van der Waals surface area (Å²) in [5.74, 6) is -0.258. The summed E-state index contributed by atoms with van der Waals surface area (Å²) in [5.41, 5.74) is -0.514. The summed E-state index contributed by atoms with van der Waals surface area (Å²) in [6, 6.07) is 8.22. The van der Waals surface area contributed by atoms with Crippen LogP contribution in [0.25, 0.3) is 21.7 Å². The number of phenolic OH excluding ortho intramolecular Hbond substituents is 1. The number of fused-ring (bicyclic) bond motifs is 3. The van der Waals surface area contributed by atoms with Crippen molar-refractivity contribution in [1.29, 1.82) is 0 Å². The number of benzene rings is 2. The van der Waals surface area contributed by atoms with Crippen molar-refractivity contribution in [3.63, 3.8) is 0 Å². The van der Waals surface area contributed by atoms with Crippen LogP contribution in [0.5, 0.6) is 11.5 Å². The molecule has 0 spiro atoms. The van der Waals surface area contributed by atoms with Crippen molar-refractivity contribution in [2.24, 2.45) is 0 Å². The van der Waals surface area contributed by atoms with Gasteiger partial charge in [-0.15, -0.1) is 0 Å². The van der Waals surface area contributed by atoms with Crippen LogP contribution in [0, 0.1) is 0 Å². The molecule has 8 heteroatoms. The zero-order chi connectivity index (χ0) is 15.2. The van der Waals surface area contributed by atoms with Gasteiger partial charge in [-0.25, -0.2) is 4.79 Å². The van der Waals surface area contributed by atoms with Gasteiger partial charge in [0.05, 0.1) is 5.39 Å². The molecule has 0 fully saturated rings. The zero-order valence-electron chi connectivity index (χ0n) is 10.3. The van der Waals surface area contributed by atoms with Gasteiger partial charge in [0.15, 0.2) is 0 Å². The van der Waals surface area contributed by atoms with Crippen molar-refractivity contribution in [1.82, 2.24) is 0 Å². The topological polar surface area (TPSA) is 114 Å². The van der Waals surface area contributed by atoms with Crippen LogP contribution in [-0.4, -0.2) is 18.1 Å². The SMILES string of the molecule is O=c1oc2cc(O)ccc2c2ccc(OS(=O)(=O)O)cc12. The van der Waals surface area contributed by atoms with E-state index in [1.54, 1.807) is 6.07 Å². The standard InChI is InChI=1S/C13H8O7S/c14-7-1-3-10-9-4-2-8(20-21(16,17)18)6-11(9)13(15)19-12(10)5-7/h1-6,14H,(H,16,17,18). The fraction of sp³-hybridized carbons (Fsp3) is 0. The molecule has 0 radical (unpaired) electrons. The van der Waals surface area contributed by atoms with E-state index in [2.05, 4.69) is 4.18 Å². The maximum absolute atomic E-state index is 11.9. The van der Waals surface area contributed by atoms with Crippen LogP contribution >= 0.6 is 0 Å². The quantitative estimate of drug-likeness (QED) is 0.421. The molecule has 0 saturated carbocycles. The molecule has 0 atom stereocenters. The van der Waals surface area contributed by atoms with Crippen LogP contribution in [0.4, 0.5) is 0 Å². The lowest BCUT2D eigenvalue weighted by Gasteiger charge is -2.05. The summed E-state index contributed by atoms with van der Waals surface area (Å²) in [5, 5.41) is 10.6. The Morgan fingerprint density at radius 2 is 1.71 bits per heavy atom. The Hall–Kier alpha value is -2.58. The minimum absolute atomic E-state index is 0.0451. The van der Waals surface area contributed by atoms with Crippen LogP contribution in [0.15, 0.2) is 45.6 Å². The monoisotopic (exact) mass is 308 g/mol. The highest BCUT2D eigenvalue weighted by molar-refractivity contribution is 7.81. The van der Waals surface area contributed by atoms with Crippen molar-refractivity contribution in [3.8, 4) is 11.5 Å². The molecule has 108 valence electrons. The number of hydrogen-bond donors (Lipinski definition) is 2. The minimum atomic E-state index is -4.67. The molecule has 1 aromatic heterocycles. The molecule has 0 unspecified atom stereocenters. The largest absolute Gasteiger partial charge is 0.508 e. The smallest absolute Gasteiger partial charge is 0.446 e. The van der Waals surface area contributed by atoms with E-state index in [4.69, 9.17) is 8.97 Å². The van der Waals surface area contributed by atoms with E-state index in [1.165, 1.54) is 24.3 Å². The summed E-state index contributed by atoms with van der Waals surface area (Å²) in [6.45, 7) is 0. The van der Waals surface area contributed by atoms with E-state index in [-0.39, 0.29) is 22.5 Å². The zero-order valence-corrected chi connectivity index (χ0v) is 11.1. The van der Waals surface area contributed by atoms with E-state index < -0.39 is 16.0 Å². The molecule has 7 nitrogen and oxygen atoms in total. The Kier molecular flexibility index (Phi) is 2.85. The van der Waals surface area contributed by atoms with Gasteiger partial charge >= 0.3 is 16.0 Å². The summed E-state index contributed by atoms with van der Waals surface area (Å²) < 4.78 is 39.3. The molecule has 0 bridgehead atoms. The molecule has 2 aromatic carbocycles. The van der Waals surface area contributed by atoms with Crippen molar-refractivity contribution in [2.75, 3.05) is 0 Å². The fourth-order valence-corrected chi connectivity index (χ4v) is 2.42. The first-order chi connectivity index (χ1) is 9.83. The van der Waals surface area contributed by atoms with Crippen molar-refractivity contribution in [2.45, 2.75) is 0 Å². The average molecular weight is 308 g/mol. The lowest BCUT2D eigenvalue weighted by Crippen LogP contribution is -2.07. The number of phenols is 1. The van der Waals surface area contributed by atoms with Crippen molar-refractivity contribution < 1.29 is 26.7 Å². The van der Waals surface area contributed by atoms with Gasteiger partial charge in [-0.2, -0.15) is 8.42 Å². The molecule has 0 aliphatic carbocycles. The van der Waals surface area contributed by atoms with E-state index in [0.717, 1.165) is 6.07 Å². The molecule has 0 amide bonds.